The van der Waals surface area contributed by atoms with Crippen LogP contribution in [-0.2, 0) is 13.2 Å². The number of ether oxygens (including phenoxy) is 1. The molecule has 4 heteroatoms. The monoisotopic (exact) mass is 304 g/mol. The van der Waals surface area contributed by atoms with Crippen LogP contribution < -0.4 is 10.1 Å². The fourth-order valence-corrected chi connectivity index (χ4v) is 2.11. The van der Waals surface area contributed by atoms with Crippen LogP contribution in [0.1, 0.15) is 25.0 Å². The van der Waals surface area contributed by atoms with E-state index < -0.39 is 0 Å². The molecule has 1 heterocycles. The third-order valence-corrected chi connectivity index (χ3v) is 3.37. The van der Waals surface area contributed by atoms with Crippen LogP contribution in [0.25, 0.3) is 0 Å². The summed E-state index contributed by atoms with van der Waals surface area (Å²) in [7, 11) is 0. The lowest BCUT2D eigenvalue weighted by molar-refractivity contribution is 0.306. The third-order valence-electron chi connectivity index (χ3n) is 3.03. The van der Waals surface area contributed by atoms with Crippen LogP contribution in [0.5, 0.6) is 5.75 Å². The Morgan fingerprint density at radius 2 is 2.14 bits per heavy atom. The number of hydrogen-bond donors (Lipinski definition) is 1. The molecule has 0 aliphatic rings. The molecule has 1 aromatic carbocycles. The number of benzene rings is 1. The molecule has 112 valence electrons. The van der Waals surface area contributed by atoms with E-state index in [0.717, 1.165) is 24.4 Å². The minimum atomic E-state index is 0.449. The number of hydrogen-bond acceptors (Lipinski definition) is 3. The van der Waals surface area contributed by atoms with E-state index in [0.29, 0.717) is 17.5 Å². The standard InChI is InChI=1S/C17H21ClN2O/c1-13(2)9-20-10-14-4-3-5-16(8-14)21-12-15-6-7-19-11-17(15)18/h3-8,11,13,20H,9-10,12H2,1-2H3. The molecule has 0 aliphatic carbocycles. The molecule has 0 spiro atoms. The van der Waals surface area contributed by atoms with Gasteiger partial charge in [0.15, 0.2) is 0 Å². The maximum Gasteiger partial charge on any atom is 0.120 e. The summed E-state index contributed by atoms with van der Waals surface area (Å²) >= 11 is 6.07. The molecule has 1 N–H and O–H groups in total. The molecular weight excluding hydrogens is 284 g/mol. The smallest absolute Gasteiger partial charge is 0.120 e. The first-order valence-electron chi connectivity index (χ1n) is 7.16. The van der Waals surface area contributed by atoms with Crippen molar-refractivity contribution in [3.05, 3.63) is 58.9 Å². The quantitative estimate of drug-likeness (QED) is 0.837. The van der Waals surface area contributed by atoms with Crippen LogP contribution >= 0.6 is 11.6 Å². The average Bonchev–Trinajstić information content (AvgIpc) is 2.46. The van der Waals surface area contributed by atoms with Crippen molar-refractivity contribution in [3.8, 4) is 5.75 Å². The van der Waals surface area contributed by atoms with Crippen LogP contribution in [0.15, 0.2) is 42.7 Å². The maximum absolute atomic E-state index is 6.07. The predicted molar refractivity (Wildman–Crippen MR) is 86.6 cm³/mol. The van der Waals surface area contributed by atoms with Gasteiger partial charge in [-0.05, 0) is 36.2 Å². The Bertz CT molecular complexity index is 572. The van der Waals surface area contributed by atoms with Crippen LogP contribution in [0, 0.1) is 5.92 Å². The molecule has 0 aliphatic heterocycles. The highest BCUT2D eigenvalue weighted by atomic mass is 35.5. The highest BCUT2D eigenvalue weighted by Crippen LogP contribution is 2.18. The van der Waals surface area contributed by atoms with Crippen molar-refractivity contribution < 1.29 is 4.74 Å². The van der Waals surface area contributed by atoms with E-state index in [1.165, 1.54) is 5.56 Å². The van der Waals surface area contributed by atoms with Gasteiger partial charge in [-0.1, -0.05) is 37.6 Å². The Morgan fingerprint density at radius 3 is 2.90 bits per heavy atom. The van der Waals surface area contributed by atoms with Gasteiger partial charge in [0.25, 0.3) is 0 Å². The Balaban J connectivity index is 1.90. The minimum absolute atomic E-state index is 0.449. The number of nitrogens with one attached hydrogen (secondary N) is 1. The molecule has 0 fully saturated rings. The second-order valence-corrected chi connectivity index (χ2v) is 5.84. The first-order chi connectivity index (χ1) is 10.1. The maximum atomic E-state index is 6.07. The molecule has 1 aromatic heterocycles. The lowest BCUT2D eigenvalue weighted by Gasteiger charge is -2.10. The highest BCUT2D eigenvalue weighted by molar-refractivity contribution is 6.31. The van der Waals surface area contributed by atoms with Crippen LogP contribution in [-0.4, -0.2) is 11.5 Å². The SMILES string of the molecule is CC(C)CNCc1cccc(OCc2ccncc2Cl)c1. The molecule has 21 heavy (non-hydrogen) atoms. The molecular formula is C17H21ClN2O. The number of pyridine rings is 1. The highest BCUT2D eigenvalue weighted by Gasteiger charge is 2.02. The minimum Gasteiger partial charge on any atom is -0.489 e. The van der Waals surface area contributed by atoms with Crippen LogP contribution in [0.3, 0.4) is 0 Å². The van der Waals surface area contributed by atoms with Crippen molar-refractivity contribution in [1.82, 2.24) is 10.3 Å². The van der Waals surface area contributed by atoms with E-state index in [9.17, 15) is 0 Å². The van der Waals surface area contributed by atoms with Crippen LogP contribution in [0.4, 0.5) is 0 Å². The van der Waals surface area contributed by atoms with Crippen molar-refractivity contribution in [2.45, 2.75) is 27.0 Å². The van der Waals surface area contributed by atoms with Gasteiger partial charge in [0, 0.05) is 24.5 Å². The fourth-order valence-electron chi connectivity index (χ4n) is 1.93. The van der Waals surface area contributed by atoms with Crippen molar-refractivity contribution >= 4 is 11.6 Å². The first kappa shape index (κ1) is 15.8. The summed E-state index contributed by atoms with van der Waals surface area (Å²) < 4.78 is 5.80. The van der Waals surface area contributed by atoms with Gasteiger partial charge in [-0.25, -0.2) is 0 Å². The second kappa shape index (κ2) is 8.01. The van der Waals surface area contributed by atoms with Crippen molar-refractivity contribution in [2.24, 2.45) is 5.92 Å². The summed E-state index contributed by atoms with van der Waals surface area (Å²) in [5.74, 6) is 1.50. The molecule has 0 radical (unpaired) electrons. The van der Waals surface area contributed by atoms with E-state index >= 15 is 0 Å². The second-order valence-electron chi connectivity index (χ2n) is 5.43. The van der Waals surface area contributed by atoms with Crippen LogP contribution in [0.2, 0.25) is 5.02 Å². The third kappa shape index (κ3) is 5.37. The van der Waals surface area contributed by atoms with E-state index in [2.05, 4.69) is 36.3 Å². The largest absolute Gasteiger partial charge is 0.489 e. The lowest BCUT2D eigenvalue weighted by atomic mass is 10.2. The Morgan fingerprint density at radius 1 is 1.29 bits per heavy atom. The zero-order valence-corrected chi connectivity index (χ0v) is 13.2. The summed E-state index contributed by atoms with van der Waals surface area (Å²) in [6.45, 7) is 6.71. The van der Waals surface area contributed by atoms with E-state index in [1.54, 1.807) is 12.4 Å². The zero-order valence-electron chi connectivity index (χ0n) is 12.5. The van der Waals surface area contributed by atoms with Gasteiger partial charge in [-0.3, -0.25) is 4.98 Å². The van der Waals surface area contributed by atoms with E-state index in [4.69, 9.17) is 16.3 Å². The number of aromatic nitrogens is 1. The summed E-state index contributed by atoms with van der Waals surface area (Å²) in [5.41, 5.74) is 2.16. The summed E-state index contributed by atoms with van der Waals surface area (Å²) in [4.78, 5) is 3.97. The summed E-state index contributed by atoms with van der Waals surface area (Å²) in [6.07, 6.45) is 3.35. The molecule has 0 saturated heterocycles. The summed E-state index contributed by atoms with van der Waals surface area (Å²) in [5, 5.41) is 4.06. The molecule has 0 unspecified atom stereocenters. The molecule has 0 atom stereocenters. The Hall–Kier alpha value is -1.58. The Kier molecular flexibility index (Phi) is 6.03. The molecule has 3 nitrogen and oxygen atoms in total. The number of rotatable bonds is 7. The summed E-state index contributed by atoms with van der Waals surface area (Å²) in [6, 6.07) is 10.00. The zero-order chi connectivity index (χ0) is 15.1. The van der Waals surface area contributed by atoms with Gasteiger partial charge in [-0.2, -0.15) is 0 Å². The van der Waals surface area contributed by atoms with Gasteiger partial charge < -0.3 is 10.1 Å². The molecule has 0 bridgehead atoms. The molecule has 0 amide bonds. The average molecular weight is 305 g/mol. The van der Waals surface area contributed by atoms with Crippen molar-refractivity contribution in [2.75, 3.05) is 6.54 Å². The predicted octanol–water partition coefficient (Wildman–Crippen LogP) is 4.06. The normalized spacial score (nSPS) is 10.9. The van der Waals surface area contributed by atoms with Gasteiger partial charge in [0.2, 0.25) is 0 Å². The Labute approximate surface area is 131 Å². The number of nitrogens with zero attached hydrogens (tertiary/aromatic N) is 1. The van der Waals surface area contributed by atoms with Gasteiger partial charge in [-0.15, -0.1) is 0 Å². The first-order valence-corrected chi connectivity index (χ1v) is 7.54. The molecule has 2 rings (SSSR count). The van der Waals surface area contributed by atoms with Gasteiger partial charge >= 0.3 is 0 Å². The topological polar surface area (TPSA) is 34.1 Å². The van der Waals surface area contributed by atoms with E-state index in [1.807, 2.05) is 18.2 Å². The molecule has 0 saturated carbocycles. The van der Waals surface area contributed by atoms with Crippen molar-refractivity contribution in [1.29, 1.82) is 0 Å². The van der Waals surface area contributed by atoms with Crippen molar-refractivity contribution in [3.63, 3.8) is 0 Å². The van der Waals surface area contributed by atoms with Gasteiger partial charge in [0.05, 0.1) is 5.02 Å². The lowest BCUT2D eigenvalue weighted by Crippen LogP contribution is -2.18. The van der Waals surface area contributed by atoms with E-state index in [-0.39, 0.29) is 0 Å². The molecule has 2 aromatic rings. The number of halogens is 1. The fraction of sp³-hybridized carbons (Fsp3) is 0.353. The van der Waals surface area contributed by atoms with Gasteiger partial charge in [0.1, 0.15) is 12.4 Å².